The van der Waals surface area contributed by atoms with Gasteiger partial charge < -0.3 is 15.4 Å². The SMILES string of the molecule is CN=C(NCC1CN2CCN1CC2)NC(C)c1ccc(OCC(C)C)cc1. The molecule has 2 unspecified atom stereocenters. The number of nitrogens with zero attached hydrogens (tertiary/aromatic N) is 3. The zero-order valence-electron chi connectivity index (χ0n) is 17.2. The van der Waals surface area contributed by atoms with E-state index in [1.165, 1.54) is 31.7 Å². The lowest BCUT2D eigenvalue weighted by molar-refractivity contribution is 0.0154. The highest BCUT2D eigenvalue weighted by atomic mass is 16.5. The molecule has 6 nitrogen and oxygen atoms in total. The number of rotatable bonds is 7. The van der Waals surface area contributed by atoms with Gasteiger partial charge in [0.15, 0.2) is 5.96 Å². The lowest BCUT2D eigenvalue weighted by Gasteiger charge is -2.47. The Balaban J connectivity index is 1.47. The van der Waals surface area contributed by atoms with Crippen LogP contribution in [0.1, 0.15) is 32.4 Å². The quantitative estimate of drug-likeness (QED) is 0.565. The molecule has 27 heavy (non-hydrogen) atoms. The van der Waals surface area contributed by atoms with Gasteiger partial charge in [-0.1, -0.05) is 26.0 Å². The zero-order valence-corrected chi connectivity index (χ0v) is 17.2. The van der Waals surface area contributed by atoms with Gasteiger partial charge in [-0.15, -0.1) is 0 Å². The van der Waals surface area contributed by atoms with Crippen LogP contribution in [0.3, 0.4) is 0 Å². The molecule has 3 heterocycles. The lowest BCUT2D eigenvalue weighted by atomic mass is 10.1. The van der Waals surface area contributed by atoms with Crippen LogP contribution in [0.5, 0.6) is 5.75 Å². The summed E-state index contributed by atoms with van der Waals surface area (Å²) in [6.45, 7) is 14.2. The lowest BCUT2D eigenvalue weighted by Crippen LogP contribution is -2.63. The Bertz CT molecular complexity index is 608. The summed E-state index contributed by atoms with van der Waals surface area (Å²) in [6, 6.07) is 9.11. The molecule has 3 fully saturated rings. The van der Waals surface area contributed by atoms with Crippen LogP contribution in [-0.4, -0.2) is 74.7 Å². The third-order valence-electron chi connectivity index (χ3n) is 5.44. The molecule has 0 aliphatic carbocycles. The van der Waals surface area contributed by atoms with Crippen molar-refractivity contribution < 1.29 is 4.74 Å². The molecule has 0 saturated carbocycles. The van der Waals surface area contributed by atoms with E-state index in [0.717, 1.165) is 31.4 Å². The van der Waals surface area contributed by atoms with Crippen LogP contribution in [-0.2, 0) is 0 Å². The fourth-order valence-corrected chi connectivity index (χ4v) is 3.73. The van der Waals surface area contributed by atoms with E-state index in [0.29, 0.717) is 12.0 Å². The van der Waals surface area contributed by atoms with E-state index in [9.17, 15) is 0 Å². The number of ether oxygens (including phenoxy) is 1. The van der Waals surface area contributed by atoms with E-state index in [4.69, 9.17) is 4.74 Å². The molecule has 150 valence electrons. The van der Waals surface area contributed by atoms with Gasteiger partial charge in [0.05, 0.1) is 12.6 Å². The Morgan fingerprint density at radius 3 is 2.41 bits per heavy atom. The maximum absolute atomic E-state index is 5.77. The molecule has 4 rings (SSSR count). The first-order valence-corrected chi connectivity index (χ1v) is 10.2. The molecule has 0 spiro atoms. The first kappa shape index (κ1) is 20.0. The van der Waals surface area contributed by atoms with Gasteiger partial charge in [-0.05, 0) is 30.5 Å². The molecule has 3 aliphatic heterocycles. The monoisotopic (exact) mass is 373 g/mol. The molecule has 3 saturated heterocycles. The van der Waals surface area contributed by atoms with Crippen LogP contribution in [0.2, 0.25) is 0 Å². The van der Waals surface area contributed by atoms with Gasteiger partial charge in [0.25, 0.3) is 0 Å². The second-order valence-corrected chi connectivity index (χ2v) is 8.08. The largest absolute Gasteiger partial charge is 0.493 e. The minimum absolute atomic E-state index is 0.183. The molecule has 2 atom stereocenters. The number of nitrogens with one attached hydrogen (secondary N) is 2. The number of guanidine groups is 1. The normalized spacial score (nSPS) is 26.1. The van der Waals surface area contributed by atoms with Crippen molar-refractivity contribution in [2.24, 2.45) is 10.9 Å². The van der Waals surface area contributed by atoms with E-state index in [1.807, 2.05) is 19.2 Å². The van der Waals surface area contributed by atoms with Crippen LogP contribution in [0.4, 0.5) is 0 Å². The Labute approximate surface area is 164 Å². The summed E-state index contributed by atoms with van der Waals surface area (Å²) in [4.78, 5) is 9.56. The van der Waals surface area contributed by atoms with Crippen molar-refractivity contribution in [1.29, 1.82) is 0 Å². The molecule has 2 bridgehead atoms. The van der Waals surface area contributed by atoms with E-state index < -0.39 is 0 Å². The molecule has 1 aromatic carbocycles. The fraction of sp³-hybridized carbons (Fsp3) is 0.667. The topological polar surface area (TPSA) is 52.1 Å². The van der Waals surface area contributed by atoms with E-state index in [2.05, 4.69) is 58.3 Å². The highest BCUT2D eigenvalue weighted by molar-refractivity contribution is 5.80. The summed E-state index contributed by atoms with van der Waals surface area (Å²) in [5.74, 6) is 2.33. The number of aliphatic imine (C=N–C) groups is 1. The molecule has 3 aliphatic rings. The predicted molar refractivity (Wildman–Crippen MR) is 111 cm³/mol. The highest BCUT2D eigenvalue weighted by Crippen LogP contribution is 2.18. The molecular weight excluding hydrogens is 338 g/mol. The zero-order chi connectivity index (χ0) is 19.2. The first-order valence-electron chi connectivity index (χ1n) is 10.2. The Morgan fingerprint density at radius 2 is 1.85 bits per heavy atom. The summed E-state index contributed by atoms with van der Waals surface area (Å²) in [5.41, 5.74) is 1.22. The summed E-state index contributed by atoms with van der Waals surface area (Å²) in [5, 5.41) is 7.02. The van der Waals surface area contributed by atoms with Gasteiger partial charge in [-0.2, -0.15) is 0 Å². The van der Waals surface area contributed by atoms with Crippen molar-refractivity contribution in [3.8, 4) is 5.75 Å². The third-order valence-corrected chi connectivity index (χ3v) is 5.44. The number of piperazine rings is 3. The second-order valence-electron chi connectivity index (χ2n) is 8.08. The first-order chi connectivity index (χ1) is 13.0. The van der Waals surface area contributed by atoms with Crippen LogP contribution < -0.4 is 15.4 Å². The number of hydrogen-bond acceptors (Lipinski definition) is 4. The van der Waals surface area contributed by atoms with Crippen LogP contribution in [0, 0.1) is 5.92 Å². The van der Waals surface area contributed by atoms with Crippen LogP contribution in [0.15, 0.2) is 29.3 Å². The Morgan fingerprint density at radius 1 is 1.15 bits per heavy atom. The molecule has 2 N–H and O–H groups in total. The van der Waals surface area contributed by atoms with E-state index in [-0.39, 0.29) is 6.04 Å². The average molecular weight is 374 g/mol. The summed E-state index contributed by atoms with van der Waals surface area (Å²) < 4.78 is 5.77. The molecule has 0 radical (unpaired) electrons. The van der Waals surface area contributed by atoms with Gasteiger partial charge in [0.1, 0.15) is 5.75 Å². The number of fused-ring (bicyclic) bond motifs is 3. The van der Waals surface area contributed by atoms with Crippen molar-refractivity contribution in [3.63, 3.8) is 0 Å². The minimum atomic E-state index is 0.183. The molecule has 6 heteroatoms. The maximum Gasteiger partial charge on any atom is 0.191 e. The van der Waals surface area contributed by atoms with Crippen molar-refractivity contribution >= 4 is 5.96 Å². The van der Waals surface area contributed by atoms with Gasteiger partial charge in [0, 0.05) is 52.4 Å². The standard InChI is InChI=1S/C21H35N5O/c1-16(2)15-27-20-7-5-18(6-8-20)17(3)24-21(22-4)23-13-19-14-25-9-11-26(19)12-10-25/h5-8,16-17,19H,9-15H2,1-4H3,(H2,22,23,24). The van der Waals surface area contributed by atoms with Gasteiger partial charge in [0.2, 0.25) is 0 Å². The van der Waals surface area contributed by atoms with Crippen molar-refractivity contribution in [2.75, 3.05) is 52.9 Å². The molecule has 0 amide bonds. The average Bonchev–Trinajstić information content (AvgIpc) is 2.70. The number of hydrogen-bond donors (Lipinski definition) is 2. The van der Waals surface area contributed by atoms with Crippen LogP contribution in [0.25, 0.3) is 0 Å². The molecule has 1 aromatic rings. The smallest absolute Gasteiger partial charge is 0.191 e. The Kier molecular flexibility index (Phi) is 6.96. The third kappa shape index (κ3) is 5.59. The molecular formula is C21H35N5O. The van der Waals surface area contributed by atoms with Gasteiger partial charge in [-0.25, -0.2) is 0 Å². The van der Waals surface area contributed by atoms with Crippen LogP contribution >= 0.6 is 0 Å². The highest BCUT2D eigenvalue weighted by Gasteiger charge is 2.31. The predicted octanol–water partition coefficient (Wildman–Crippen LogP) is 1.95. The van der Waals surface area contributed by atoms with Gasteiger partial charge >= 0.3 is 0 Å². The van der Waals surface area contributed by atoms with E-state index >= 15 is 0 Å². The fourth-order valence-electron chi connectivity index (χ4n) is 3.73. The van der Waals surface area contributed by atoms with Crippen molar-refractivity contribution in [3.05, 3.63) is 29.8 Å². The molecule has 0 aromatic heterocycles. The Hall–Kier alpha value is -1.79. The van der Waals surface area contributed by atoms with Gasteiger partial charge in [-0.3, -0.25) is 14.8 Å². The summed E-state index contributed by atoms with van der Waals surface area (Å²) in [7, 11) is 1.84. The summed E-state index contributed by atoms with van der Waals surface area (Å²) >= 11 is 0. The second kappa shape index (κ2) is 9.42. The maximum atomic E-state index is 5.77. The minimum Gasteiger partial charge on any atom is -0.493 e. The number of benzene rings is 1. The van der Waals surface area contributed by atoms with E-state index in [1.54, 1.807) is 0 Å². The van der Waals surface area contributed by atoms with Crippen molar-refractivity contribution in [2.45, 2.75) is 32.9 Å². The summed E-state index contributed by atoms with van der Waals surface area (Å²) in [6.07, 6.45) is 0. The van der Waals surface area contributed by atoms with Crippen molar-refractivity contribution in [1.82, 2.24) is 20.4 Å².